The van der Waals surface area contributed by atoms with Gasteiger partial charge < -0.3 is 29.4 Å². The van der Waals surface area contributed by atoms with Gasteiger partial charge in [0, 0.05) is 11.8 Å². The number of rotatable bonds is 12. The van der Waals surface area contributed by atoms with Crippen molar-refractivity contribution < 1.29 is 40.5 Å². The van der Waals surface area contributed by atoms with E-state index in [9.17, 15) is 27.6 Å². The standard InChI is InChI=1S/C36H56N4O11SSi2/c1-23-18-40(33(44)39(30(23)42)19-28(41)38-24(2)32(43)47-20-25-16-14-13-15-17-25)31-29(50-54(11,12)35(6,7)8)36(26(37)22-52(45,46)51-36)27(49-31)21-48-53(9,10)34(3,4)5/h13-18,22,24,27,29,31H,19-21,37H2,1-12H3,(H,38,41)/t24-,27?,29?,31?,36?/m0/s1. The van der Waals surface area contributed by atoms with E-state index >= 15 is 0 Å². The molecule has 300 valence electrons. The highest BCUT2D eigenvalue weighted by Gasteiger charge is 2.67. The van der Waals surface area contributed by atoms with Crippen LogP contribution in [0.3, 0.4) is 0 Å². The van der Waals surface area contributed by atoms with Gasteiger partial charge in [-0.05, 0) is 55.7 Å². The lowest BCUT2D eigenvalue weighted by Crippen LogP contribution is -2.59. The number of aromatic nitrogens is 2. The minimum Gasteiger partial charge on any atom is -0.459 e. The zero-order valence-corrected chi connectivity index (χ0v) is 36.2. The third-order valence-electron chi connectivity index (χ3n) is 11.0. The van der Waals surface area contributed by atoms with Gasteiger partial charge in [0.25, 0.3) is 15.7 Å². The molecule has 1 aromatic carbocycles. The Balaban J connectivity index is 1.76. The number of esters is 1. The zero-order chi connectivity index (χ0) is 40.8. The smallest absolute Gasteiger partial charge is 0.333 e. The quantitative estimate of drug-likeness (QED) is 0.179. The third kappa shape index (κ3) is 8.84. The highest BCUT2D eigenvalue weighted by molar-refractivity contribution is 7.90. The predicted molar refractivity (Wildman–Crippen MR) is 208 cm³/mol. The summed E-state index contributed by atoms with van der Waals surface area (Å²) in [4.78, 5) is 53.7. The van der Waals surface area contributed by atoms with Gasteiger partial charge in [0.15, 0.2) is 28.5 Å². The predicted octanol–water partition coefficient (Wildman–Crippen LogP) is 3.78. The van der Waals surface area contributed by atoms with Crippen LogP contribution in [0.2, 0.25) is 36.3 Å². The Bertz CT molecular complexity index is 2000. The molecule has 2 aromatic rings. The first kappa shape index (κ1) is 43.3. The number of hydrogen-bond donors (Lipinski definition) is 2. The van der Waals surface area contributed by atoms with E-state index in [4.69, 9.17) is 28.2 Å². The summed E-state index contributed by atoms with van der Waals surface area (Å²) >= 11 is 0. The molecule has 1 amide bonds. The molecule has 1 spiro atoms. The number of carbonyl (C=O) groups excluding carboxylic acids is 2. The lowest BCUT2D eigenvalue weighted by Gasteiger charge is -2.43. The number of nitrogens with zero attached hydrogens (tertiary/aromatic N) is 2. The Kier molecular flexibility index (Phi) is 12.3. The van der Waals surface area contributed by atoms with Gasteiger partial charge in [0.2, 0.25) is 5.91 Å². The fourth-order valence-corrected chi connectivity index (χ4v) is 9.14. The molecule has 54 heavy (non-hydrogen) atoms. The van der Waals surface area contributed by atoms with Gasteiger partial charge in [-0.3, -0.25) is 18.7 Å². The number of benzene rings is 1. The van der Waals surface area contributed by atoms with Crippen molar-refractivity contribution in [1.82, 2.24) is 14.5 Å². The van der Waals surface area contributed by atoms with E-state index in [1.54, 1.807) is 24.3 Å². The summed E-state index contributed by atoms with van der Waals surface area (Å²) in [6.45, 7) is 22.1. The number of hydrogen-bond acceptors (Lipinski definition) is 12. The highest BCUT2D eigenvalue weighted by Crippen LogP contribution is 2.52. The molecular formula is C36H56N4O11SSi2. The van der Waals surface area contributed by atoms with Crippen molar-refractivity contribution in [1.29, 1.82) is 0 Å². The number of ether oxygens (including phenoxy) is 2. The van der Waals surface area contributed by atoms with E-state index in [1.807, 2.05) is 53.0 Å². The summed E-state index contributed by atoms with van der Waals surface area (Å²) in [5.74, 6) is -1.51. The average Bonchev–Trinajstić information content (AvgIpc) is 3.47. The summed E-state index contributed by atoms with van der Waals surface area (Å²) in [6, 6.07) is 7.91. The maximum absolute atomic E-state index is 14.3. The van der Waals surface area contributed by atoms with E-state index in [0.29, 0.717) is 0 Å². The summed E-state index contributed by atoms with van der Waals surface area (Å²) in [5.41, 5.74) is 3.59. The Hall–Kier alpha value is -3.40. The summed E-state index contributed by atoms with van der Waals surface area (Å²) in [5, 5.41) is 2.69. The van der Waals surface area contributed by atoms with E-state index in [0.717, 1.165) is 20.1 Å². The fourth-order valence-electron chi connectivity index (χ4n) is 5.64. The molecule has 15 nitrogen and oxygen atoms in total. The van der Waals surface area contributed by atoms with Crippen molar-refractivity contribution in [2.45, 2.75) is 135 Å². The van der Waals surface area contributed by atoms with Gasteiger partial charge in [-0.1, -0.05) is 71.9 Å². The number of nitrogens with one attached hydrogen (secondary N) is 1. The fraction of sp³-hybridized carbons (Fsp3) is 0.611. The Morgan fingerprint density at radius 2 is 1.61 bits per heavy atom. The first-order valence-electron chi connectivity index (χ1n) is 17.9. The van der Waals surface area contributed by atoms with Crippen LogP contribution < -0.4 is 22.3 Å². The largest absolute Gasteiger partial charge is 0.459 e. The van der Waals surface area contributed by atoms with Gasteiger partial charge in [-0.25, -0.2) is 13.8 Å². The second kappa shape index (κ2) is 15.3. The van der Waals surface area contributed by atoms with Crippen molar-refractivity contribution in [3.05, 3.63) is 79.6 Å². The molecule has 4 rings (SSSR count). The second-order valence-corrected chi connectivity index (χ2v) is 28.1. The molecule has 0 aliphatic carbocycles. The van der Waals surface area contributed by atoms with Crippen molar-refractivity contribution in [2.24, 2.45) is 5.73 Å². The molecule has 0 bridgehead atoms. The lowest BCUT2D eigenvalue weighted by atomic mass is 9.89. The minimum absolute atomic E-state index is 0.00440. The maximum atomic E-state index is 14.3. The van der Waals surface area contributed by atoms with E-state index in [2.05, 4.69) is 26.1 Å². The van der Waals surface area contributed by atoms with Crippen molar-refractivity contribution in [3.63, 3.8) is 0 Å². The molecule has 2 aliphatic rings. The molecule has 4 unspecified atom stereocenters. The van der Waals surface area contributed by atoms with Gasteiger partial charge >= 0.3 is 11.7 Å². The van der Waals surface area contributed by atoms with E-state index in [-0.39, 0.29) is 29.5 Å². The van der Waals surface area contributed by atoms with Crippen LogP contribution in [-0.4, -0.2) is 76.5 Å². The Labute approximate surface area is 319 Å². The van der Waals surface area contributed by atoms with Gasteiger partial charge in [0.05, 0.1) is 17.7 Å². The third-order valence-corrected chi connectivity index (χ3v) is 21.0. The topological polar surface area (TPSA) is 196 Å². The first-order valence-corrected chi connectivity index (χ1v) is 25.2. The molecule has 18 heteroatoms. The second-order valence-electron chi connectivity index (χ2n) is 17.1. The molecule has 0 radical (unpaired) electrons. The minimum atomic E-state index is -4.33. The Morgan fingerprint density at radius 3 is 2.15 bits per heavy atom. The molecule has 1 aromatic heterocycles. The van der Waals surface area contributed by atoms with Gasteiger partial charge in [-0.15, -0.1) is 0 Å². The van der Waals surface area contributed by atoms with Crippen LogP contribution in [-0.2, 0) is 55.4 Å². The van der Waals surface area contributed by atoms with Crippen molar-refractivity contribution in [2.75, 3.05) is 6.61 Å². The molecular weight excluding hydrogens is 753 g/mol. The van der Waals surface area contributed by atoms with Crippen LogP contribution in [0.25, 0.3) is 0 Å². The van der Waals surface area contributed by atoms with Crippen LogP contribution in [0.4, 0.5) is 0 Å². The summed E-state index contributed by atoms with van der Waals surface area (Å²) < 4.78 is 59.4. The van der Waals surface area contributed by atoms with Crippen molar-refractivity contribution >= 4 is 38.6 Å². The van der Waals surface area contributed by atoms with Crippen LogP contribution in [0, 0.1) is 6.92 Å². The first-order chi connectivity index (χ1) is 24.6. The van der Waals surface area contributed by atoms with Gasteiger partial charge in [0.1, 0.15) is 31.4 Å². The van der Waals surface area contributed by atoms with E-state index in [1.165, 1.54) is 20.0 Å². The number of aryl methyl sites for hydroxylation is 1. The molecule has 0 saturated carbocycles. The summed E-state index contributed by atoms with van der Waals surface area (Å²) in [7, 11) is -9.63. The Morgan fingerprint density at radius 1 is 1.02 bits per heavy atom. The molecule has 3 heterocycles. The average molecular weight is 809 g/mol. The molecule has 1 fully saturated rings. The maximum Gasteiger partial charge on any atom is 0.333 e. The highest BCUT2D eigenvalue weighted by atomic mass is 32.2. The monoisotopic (exact) mass is 808 g/mol. The normalized spacial score (nSPS) is 23.6. The van der Waals surface area contributed by atoms with Crippen LogP contribution in [0.15, 0.2) is 57.2 Å². The van der Waals surface area contributed by atoms with Crippen molar-refractivity contribution in [3.8, 4) is 0 Å². The summed E-state index contributed by atoms with van der Waals surface area (Å²) in [6.07, 6.45) is -2.61. The lowest BCUT2D eigenvalue weighted by molar-refractivity contribution is -0.148. The van der Waals surface area contributed by atoms with Crippen LogP contribution in [0.1, 0.15) is 65.8 Å². The van der Waals surface area contributed by atoms with Crippen LogP contribution in [0.5, 0.6) is 0 Å². The molecule has 5 atom stereocenters. The number of nitrogens with two attached hydrogens (primary N) is 1. The van der Waals surface area contributed by atoms with E-state index < -0.39 is 91.5 Å². The molecule has 2 aliphatic heterocycles. The van der Waals surface area contributed by atoms with Crippen LogP contribution >= 0.6 is 0 Å². The van der Waals surface area contributed by atoms with Gasteiger partial charge in [-0.2, -0.15) is 8.42 Å². The number of amides is 1. The molecule has 3 N–H and O–H groups in total. The number of carbonyl (C=O) groups is 2. The zero-order valence-electron chi connectivity index (χ0n) is 33.3. The SMILES string of the molecule is Cc1cn(C2OC(CO[Si](C)(C)C(C)(C)C)C3(OS(=O)(=O)C=C3N)C2O[Si](C)(C)C(C)(C)C)c(=O)n(CC(=O)N[C@@H](C)C(=O)OCc2ccccc2)c1=O. The molecule has 1 saturated heterocycles.